The predicted octanol–water partition coefficient (Wildman–Crippen LogP) is 0.734. The second-order valence-corrected chi connectivity index (χ2v) is 2.23. The predicted molar refractivity (Wildman–Crippen MR) is 42.0 cm³/mol. The van der Waals surface area contributed by atoms with Crippen molar-refractivity contribution >= 4 is 5.97 Å². The second kappa shape index (κ2) is 5.92. The summed E-state index contributed by atoms with van der Waals surface area (Å²) in [4.78, 5) is 10.6. The smallest absolute Gasteiger partial charge is 0.330 e. The molecule has 0 fully saturated rings. The molecule has 64 valence electrons. The van der Waals surface area contributed by atoms with Crippen LogP contribution in [0.3, 0.4) is 0 Å². The summed E-state index contributed by atoms with van der Waals surface area (Å²) in [7, 11) is 1.33. The molecule has 3 heteroatoms. The van der Waals surface area contributed by atoms with E-state index in [0.29, 0.717) is 0 Å². The zero-order chi connectivity index (χ0) is 8.69. The summed E-state index contributed by atoms with van der Waals surface area (Å²) in [6, 6.07) is 0. The molecule has 0 spiro atoms. The Bertz CT molecular complexity index is 136. The fourth-order valence-corrected chi connectivity index (χ4v) is 0.609. The first-order valence-electron chi connectivity index (χ1n) is 3.61. The highest BCUT2D eigenvalue weighted by molar-refractivity contribution is 5.81. The zero-order valence-electron chi connectivity index (χ0n) is 6.91. The molecular weight excluding hydrogens is 144 g/mol. The molecule has 0 unspecified atom stereocenters. The monoisotopic (exact) mass is 158 g/mol. The van der Waals surface area contributed by atoms with Gasteiger partial charge in [0.2, 0.25) is 0 Å². The number of carbonyl (C=O) groups excluding carboxylic acids is 1. The fraction of sp³-hybridized carbons (Fsp3) is 0.625. The fourth-order valence-electron chi connectivity index (χ4n) is 0.609. The maximum atomic E-state index is 10.6. The van der Waals surface area contributed by atoms with Crippen LogP contribution in [0.1, 0.15) is 13.3 Å². The van der Waals surface area contributed by atoms with Crippen LogP contribution in [0.15, 0.2) is 12.2 Å². The molecule has 3 nitrogen and oxygen atoms in total. The van der Waals surface area contributed by atoms with Gasteiger partial charge in [-0.25, -0.2) is 4.79 Å². The first-order chi connectivity index (χ1) is 5.24. The number of hydrogen-bond donors (Lipinski definition) is 1. The Kier molecular flexibility index (Phi) is 5.47. The van der Waals surface area contributed by atoms with E-state index < -0.39 is 0 Å². The molecule has 1 N–H and O–H groups in total. The Morgan fingerprint density at radius 2 is 2.36 bits per heavy atom. The molecule has 0 heterocycles. The molecule has 0 aromatic carbocycles. The Labute approximate surface area is 66.7 Å². The summed E-state index contributed by atoms with van der Waals surface area (Å²) >= 11 is 0. The third kappa shape index (κ3) is 4.56. The molecule has 0 saturated carbocycles. The second-order valence-electron chi connectivity index (χ2n) is 2.23. The van der Waals surface area contributed by atoms with Gasteiger partial charge in [0.1, 0.15) is 0 Å². The van der Waals surface area contributed by atoms with Gasteiger partial charge in [0.15, 0.2) is 0 Å². The number of aliphatic hydroxyl groups is 1. The number of carbonyl (C=O) groups is 1. The molecule has 11 heavy (non-hydrogen) atoms. The third-order valence-electron chi connectivity index (χ3n) is 1.46. The zero-order valence-corrected chi connectivity index (χ0v) is 6.91. The number of esters is 1. The highest BCUT2D eigenvalue weighted by atomic mass is 16.5. The van der Waals surface area contributed by atoms with E-state index in [0.717, 1.165) is 6.42 Å². The minimum Gasteiger partial charge on any atom is -0.466 e. The Morgan fingerprint density at radius 1 is 1.73 bits per heavy atom. The molecule has 0 aliphatic rings. The minimum atomic E-state index is -0.378. The summed E-state index contributed by atoms with van der Waals surface area (Å²) in [6.45, 7) is 2.02. The normalized spacial score (nSPS) is 13.4. The average Bonchev–Trinajstić information content (AvgIpc) is 2.06. The molecule has 0 rings (SSSR count). The summed E-state index contributed by atoms with van der Waals surface area (Å²) in [5, 5.41) is 8.71. The van der Waals surface area contributed by atoms with Crippen molar-refractivity contribution in [2.75, 3.05) is 13.7 Å². The van der Waals surface area contributed by atoms with Crippen molar-refractivity contribution in [1.82, 2.24) is 0 Å². The van der Waals surface area contributed by atoms with E-state index in [4.69, 9.17) is 5.11 Å². The van der Waals surface area contributed by atoms with Crippen molar-refractivity contribution in [3.63, 3.8) is 0 Å². The first-order valence-corrected chi connectivity index (χ1v) is 3.61. The van der Waals surface area contributed by atoms with Crippen LogP contribution in [-0.2, 0) is 9.53 Å². The molecule has 0 bridgehead atoms. The van der Waals surface area contributed by atoms with E-state index in [1.165, 1.54) is 13.2 Å². The van der Waals surface area contributed by atoms with Crippen LogP contribution in [0.5, 0.6) is 0 Å². The van der Waals surface area contributed by atoms with Gasteiger partial charge in [-0.2, -0.15) is 0 Å². The summed E-state index contributed by atoms with van der Waals surface area (Å²) in [5.41, 5.74) is 0. The Hall–Kier alpha value is -0.830. The van der Waals surface area contributed by atoms with Gasteiger partial charge in [-0.15, -0.1) is 0 Å². The van der Waals surface area contributed by atoms with Crippen LogP contribution in [0, 0.1) is 5.92 Å². The Morgan fingerprint density at radius 3 is 2.73 bits per heavy atom. The van der Waals surface area contributed by atoms with E-state index in [9.17, 15) is 4.79 Å². The lowest BCUT2D eigenvalue weighted by molar-refractivity contribution is -0.134. The lowest BCUT2D eigenvalue weighted by Crippen LogP contribution is -2.02. The van der Waals surface area contributed by atoms with Crippen LogP contribution >= 0.6 is 0 Å². The van der Waals surface area contributed by atoms with E-state index in [-0.39, 0.29) is 18.5 Å². The highest BCUT2D eigenvalue weighted by Gasteiger charge is 1.99. The largest absolute Gasteiger partial charge is 0.466 e. The minimum absolute atomic E-state index is 0.0640. The van der Waals surface area contributed by atoms with Gasteiger partial charge in [-0.1, -0.05) is 13.0 Å². The quantitative estimate of drug-likeness (QED) is 0.484. The third-order valence-corrected chi connectivity index (χ3v) is 1.46. The lowest BCUT2D eigenvalue weighted by atomic mass is 10.1. The number of methoxy groups -OCH3 is 1. The van der Waals surface area contributed by atoms with E-state index in [2.05, 4.69) is 4.74 Å². The summed E-state index contributed by atoms with van der Waals surface area (Å²) in [6.07, 6.45) is 3.82. The highest BCUT2D eigenvalue weighted by Crippen LogP contribution is 2.02. The molecule has 0 amide bonds. The van der Waals surface area contributed by atoms with Crippen LogP contribution in [-0.4, -0.2) is 24.8 Å². The first kappa shape index (κ1) is 10.2. The van der Waals surface area contributed by atoms with Gasteiger partial charge in [0.05, 0.1) is 7.11 Å². The topological polar surface area (TPSA) is 46.5 Å². The molecule has 0 saturated heterocycles. The molecule has 0 aromatic rings. The summed E-state index contributed by atoms with van der Waals surface area (Å²) < 4.78 is 4.38. The molecule has 0 aliphatic carbocycles. The summed E-state index contributed by atoms with van der Waals surface area (Å²) in [5.74, 6) is -0.314. The standard InChI is InChI=1S/C8H14O3/c1-3-7(6-9)4-5-8(10)11-2/h4-5,7,9H,3,6H2,1-2H3/b5-4+/t7-/m1/s1. The van der Waals surface area contributed by atoms with Gasteiger partial charge in [0.25, 0.3) is 0 Å². The number of ether oxygens (including phenoxy) is 1. The maximum absolute atomic E-state index is 10.6. The number of hydrogen-bond acceptors (Lipinski definition) is 3. The van der Waals surface area contributed by atoms with Crippen molar-refractivity contribution < 1.29 is 14.6 Å². The van der Waals surface area contributed by atoms with Gasteiger partial charge >= 0.3 is 5.97 Å². The molecule has 0 radical (unpaired) electrons. The van der Waals surface area contributed by atoms with E-state index >= 15 is 0 Å². The molecule has 0 aromatic heterocycles. The van der Waals surface area contributed by atoms with E-state index in [1.54, 1.807) is 6.08 Å². The molecule has 0 aliphatic heterocycles. The van der Waals surface area contributed by atoms with Crippen LogP contribution in [0.25, 0.3) is 0 Å². The molecular formula is C8H14O3. The van der Waals surface area contributed by atoms with Crippen molar-refractivity contribution in [2.45, 2.75) is 13.3 Å². The number of rotatable bonds is 4. The van der Waals surface area contributed by atoms with Gasteiger partial charge in [-0.3, -0.25) is 0 Å². The van der Waals surface area contributed by atoms with Crippen LogP contribution < -0.4 is 0 Å². The van der Waals surface area contributed by atoms with Crippen molar-refractivity contribution in [3.8, 4) is 0 Å². The van der Waals surface area contributed by atoms with Crippen molar-refractivity contribution in [2.24, 2.45) is 5.92 Å². The van der Waals surface area contributed by atoms with Gasteiger partial charge < -0.3 is 9.84 Å². The molecule has 1 atom stereocenters. The average molecular weight is 158 g/mol. The van der Waals surface area contributed by atoms with Crippen LogP contribution in [0.4, 0.5) is 0 Å². The Balaban J connectivity index is 3.78. The van der Waals surface area contributed by atoms with Gasteiger partial charge in [-0.05, 0) is 6.42 Å². The van der Waals surface area contributed by atoms with Crippen molar-refractivity contribution in [3.05, 3.63) is 12.2 Å². The van der Waals surface area contributed by atoms with Crippen molar-refractivity contribution in [1.29, 1.82) is 0 Å². The van der Waals surface area contributed by atoms with E-state index in [1.807, 2.05) is 6.92 Å². The maximum Gasteiger partial charge on any atom is 0.330 e. The van der Waals surface area contributed by atoms with Crippen LogP contribution in [0.2, 0.25) is 0 Å². The SMILES string of the molecule is CC[C@H](/C=C/C(=O)OC)CO. The lowest BCUT2D eigenvalue weighted by Gasteiger charge is -2.02. The number of aliphatic hydroxyl groups excluding tert-OH is 1. The van der Waals surface area contributed by atoms with Gasteiger partial charge in [0, 0.05) is 18.6 Å².